The van der Waals surface area contributed by atoms with Crippen LogP contribution in [0, 0.1) is 34.5 Å². The highest BCUT2D eigenvalue weighted by molar-refractivity contribution is 6.01. The van der Waals surface area contributed by atoms with Gasteiger partial charge in [0.05, 0.1) is 0 Å². The summed E-state index contributed by atoms with van der Waals surface area (Å²) in [4.78, 5) is 23.3. The lowest BCUT2D eigenvalue weighted by molar-refractivity contribution is -0.152. The molecule has 0 radical (unpaired) electrons. The van der Waals surface area contributed by atoms with Crippen molar-refractivity contribution in [3.8, 4) is 0 Å². The number of carbonyl (C=O) groups is 2. The smallest absolute Gasteiger partial charge is 0.302 e. The average Bonchev–Trinajstić information content (AvgIpc) is 2.92. The molecule has 4 aliphatic rings. The van der Waals surface area contributed by atoms with Crippen LogP contribution in [-0.4, -0.2) is 17.9 Å². The highest BCUT2D eigenvalue weighted by Crippen LogP contribution is 2.66. The number of ether oxygens (including phenoxy) is 1. The van der Waals surface area contributed by atoms with Crippen LogP contribution in [0.1, 0.15) is 66.2 Å². The van der Waals surface area contributed by atoms with E-state index in [0.29, 0.717) is 17.8 Å². The zero-order valence-corrected chi connectivity index (χ0v) is 16.6. The first kappa shape index (κ1) is 18.0. The molecule has 0 saturated heterocycles. The molecular formula is C23H32O3. The molecule has 142 valence electrons. The van der Waals surface area contributed by atoms with Gasteiger partial charge in [0.15, 0.2) is 5.78 Å². The quantitative estimate of drug-likeness (QED) is 0.664. The molecule has 7 atom stereocenters. The SMILES string of the molecule is CC(=O)O[C@H](C)[C@@H]1CC[C@@H]2[C@H]3CCC4=CC(=O)C=C[C@]4(C)[C@@H]3CC[C@@]21C. The summed E-state index contributed by atoms with van der Waals surface area (Å²) >= 11 is 0. The van der Waals surface area contributed by atoms with E-state index in [2.05, 4.69) is 26.8 Å². The maximum atomic E-state index is 11.9. The van der Waals surface area contributed by atoms with Gasteiger partial charge in [0.25, 0.3) is 0 Å². The molecule has 4 rings (SSSR count). The Morgan fingerprint density at radius 3 is 2.69 bits per heavy atom. The number of hydrogen-bond acceptors (Lipinski definition) is 3. The van der Waals surface area contributed by atoms with Crippen molar-refractivity contribution in [1.82, 2.24) is 0 Å². The summed E-state index contributed by atoms with van der Waals surface area (Å²) in [6.45, 7) is 8.42. The van der Waals surface area contributed by atoms with E-state index in [-0.39, 0.29) is 28.7 Å². The Morgan fingerprint density at radius 2 is 1.96 bits per heavy atom. The second kappa shape index (κ2) is 6.07. The summed E-state index contributed by atoms with van der Waals surface area (Å²) in [6.07, 6.45) is 13.0. The summed E-state index contributed by atoms with van der Waals surface area (Å²) in [5.74, 6) is 2.57. The highest BCUT2D eigenvalue weighted by atomic mass is 16.5. The van der Waals surface area contributed by atoms with E-state index in [4.69, 9.17) is 4.74 Å². The Balaban J connectivity index is 1.60. The van der Waals surface area contributed by atoms with E-state index in [9.17, 15) is 9.59 Å². The first-order valence-electron chi connectivity index (χ1n) is 10.4. The van der Waals surface area contributed by atoms with Crippen LogP contribution >= 0.6 is 0 Å². The molecule has 3 nitrogen and oxygen atoms in total. The van der Waals surface area contributed by atoms with Crippen LogP contribution < -0.4 is 0 Å². The molecule has 0 unspecified atom stereocenters. The van der Waals surface area contributed by atoms with Crippen molar-refractivity contribution in [3.63, 3.8) is 0 Å². The predicted octanol–water partition coefficient (Wildman–Crippen LogP) is 4.86. The molecule has 0 bridgehead atoms. The van der Waals surface area contributed by atoms with Gasteiger partial charge >= 0.3 is 5.97 Å². The molecule has 3 heteroatoms. The number of rotatable bonds is 2. The zero-order valence-electron chi connectivity index (χ0n) is 16.6. The standard InChI is InChI=1S/C23H32O3/c1-14(26-15(2)24)19-7-8-20-18-6-5-16-13-17(25)9-11-22(16,3)21(18)10-12-23(19,20)4/h9,11,13-14,18-21H,5-8,10,12H2,1-4H3/t14-,18-,19+,20-,21-,22+,23-/m1/s1. The van der Waals surface area contributed by atoms with Crippen molar-refractivity contribution in [2.45, 2.75) is 72.3 Å². The van der Waals surface area contributed by atoms with Crippen molar-refractivity contribution in [3.05, 3.63) is 23.8 Å². The van der Waals surface area contributed by atoms with Crippen LogP contribution in [0.2, 0.25) is 0 Å². The van der Waals surface area contributed by atoms with Gasteiger partial charge < -0.3 is 4.74 Å². The summed E-state index contributed by atoms with van der Waals surface area (Å²) < 4.78 is 5.61. The van der Waals surface area contributed by atoms with Gasteiger partial charge in [-0.3, -0.25) is 9.59 Å². The normalized spacial score (nSPS) is 45.2. The first-order valence-corrected chi connectivity index (χ1v) is 10.4. The Labute approximate surface area is 157 Å². The molecule has 0 heterocycles. The summed E-state index contributed by atoms with van der Waals surface area (Å²) in [5.41, 5.74) is 1.71. The first-order chi connectivity index (χ1) is 12.3. The van der Waals surface area contributed by atoms with Crippen LogP contribution in [0.5, 0.6) is 0 Å². The minimum Gasteiger partial charge on any atom is -0.463 e. The number of fused-ring (bicyclic) bond motifs is 5. The number of ketones is 1. The van der Waals surface area contributed by atoms with Gasteiger partial charge in [0.1, 0.15) is 6.10 Å². The van der Waals surface area contributed by atoms with E-state index >= 15 is 0 Å². The van der Waals surface area contributed by atoms with Crippen molar-refractivity contribution in [2.24, 2.45) is 34.5 Å². The fraction of sp³-hybridized carbons (Fsp3) is 0.739. The zero-order chi connectivity index (χ0) is 18.7. The molecule has 0 aliphatic heterocycles. The Morgan fingerprint density at radius 1 is 1.19 bits per heavy atom. The molecule has 4 aliphatic carbocycles. The fourth-order valence-electron chi connectivity index (χ4n) is 7.35. The Hall–Kier alpha value is -1.38. The van der Waals surface area contributed by atoms with Crippen molar-refractivity contribution in [2.75, 3.05) is 0 Å². The third-order valence-electron chi connectivity index (χ3n) is 8.55. The number of hydrogen-bond donors (Lipinski definition) is 0. The molecule has 0 aromatic rings. The molecule has 0 spiro atoms. The van der Waals surface area contributed by atoms with Crippen LogP contribution in [0.3, 0.4) is 0 Å². The lowest BCUT2D eigenvalue weighted by Gasteiger charge is -2.57. The van der Waals surface area contributed by atoms with Crippen LogP contribution in [0.25, 0.3) is 0 Å². The van der Waals surface area contributed by atoms with Gasteiger partial charge in [-0.25, -0.2) is 0 Å². The van der Waals surface area contributed by atoms with Gasteiger partial charge in [-0.1, -0.05) is 25.5 Å². The van der Waals surface area contributed by atoms with Crippen LogP contribution in [-0.2, 0) is 14.3 Å². The lowest BCUT2D eigenvalue weighted by Crippen LogP contribution is -2.50. The summed E-state index contributed by atoms with van der Waals surface area (Å²) in [7, 11) is 0. The molecule has 26 heavy (non-hydrogen) atoms. The van der Waals surface area contributed by atoms with E-state index in [1.165, 1.54) is 44.6 Å². The third-order valence-corrected chi connectivity index (χ3v) is 8.55. The van der Waals surface area contributed by atoms with Gasteiger partial charge in [0.2, 0.25) is 0 Å². The van der Waals surface area contributed by atoms with Crippen molar-refractivity contribution < 1.29 is 14.3 Å². The summed E-state index contributed by atoms with van der Waals surface area (Å²) in [5, 5.41) is 0. The predicted molar refractivity (Wildman–Crippen MR) is 101 cm³/mol. The lowest BCUT2D eigenvalue weighted by atomic mass is 9.47. The molecule has 0 aromatic heterocycles. The highest BCUT2D eigenvalue weighted by Gasteiger charge is 2.59. The summed E-state index contributed by atoms with van der Waals surface area (Å²) in [6, 6.07) is 0. The second-order valence-electron chi connectivity index (χ2n) is 9.65. The number of allylic oxidation sites excluding steroid dienone is 4. The van der Waals surface area contributed by atoms with Crippen molar-refractivity contribution in [1.29, 1.82) is 0 Å². The van der Waals surface area contributed by atoms with Crippen LogP contribution in [0.15, 0.2) is 23.8 Å². The maximum Gasteiger partial charge on any atom is 0.302 e. The van der Waals surface area contributed by atoms with Gasteiger partial charge in [-0.15, -0.1) is 0 Å². The fourth-order valence-corrected chi connectivity index (χ4v) is 7.35. The number of carbonyl (C=O) groups excluding carboxylic acids is 2. The Bertz CT molecular complexity index is 690. The molecular weight excluding hydrogens is 324 g/mol. The molecule has 0 N–H and O–H groups in total. The van der Waals surface area contributed by atoms with Crippen LogP contribution in [0.4, 0.5) is 0 Å². The number of esters is 1. The Kier molecular flexibility index (Phi) is 4.20. The largest absolute Gasteiger partial charge is 0.463 e. The van der Waals surface area contributed by atoms with E-state index in [1.54, 1.807) is 6.08 Å². The minimum absolute atomic E-state index is 0.0147. The average molecular weight is 357 g/mol. The molecule has 3 fully saturated rings. The monoisotopic (exact) mass is 356 g/mol. The van der Waals surface area contributed by atoms with E-state index in [1.807, 2.05) is 6.08 Å². The maximum absolute atomic E-state index is 11.9. The topological polar surface area (TPSA) is 43.4 Å². The molecule has 0 aromatic carbocycles. The van der Waals surface area contributed by atoms with E-state index < -0.39 is 0 Å². The van der Waals surface area contributed by atoms with Gasteiger partial charge in [-0.2, -0.15) is 0 Å². The van der Waals surface area contributed by atoms with E-state index in [0.717, 1.165) is 12.3 Å². The van der Waals surface area contributed by atoms with Gasteiger partial charge in [-0.05, 0) is 80.8 Å². The van der Waals surface area contributed by atoms with Crippen molar-refractivity contribution >= 4 is 11.8 Å². The minimum atomic E-state index is -0.157. The molecule has 3 saturated carbocycles. The molecule has 0 amide bonds. The van der Waals surface area contributed by atoms with Gasteiger partial charge in [0, 0.05) is 18.3 Å². The second-order valence-corrected chi connectivity index (χ2v) is 9.65. The third kappa shape index (κ3) is 2.53.